The number of aliphatic hydroxyl groups is 1. The van der Waals surface area contributed by atoms with E-state index in [0.717, 1.165) is 42.7 Å². The van der Waals surface area contributed by atoms with Gasteiger partial charge in [0, 0.05) is 5.56 Å². The summed E-state index contributed by atoms with van der Waals surface area (Å²) in [6.07, 6.45) is 3.72. The van der Waals surface area contributed by atoms with Crippen molar-refractivity contribution >= 4 is 5.90 Å². The molecule has 2 aromatic rings. The highest BCUT2D eigenvalue weighted by molar-refractivity contribution is 5.97. The summed E-state index contributed by atoms with van der Waals surface area (Å²) >= 11 is 0. The average molecular weight is 364 g/mol. The van der Waals surface area contributed by atoms with Gasteiger partial charge < -0.3 is 9.84 Å². The van der Waals surface area contributed by atoms with Crippen LogP contribution in [0, 0.1) is 0 Å². The summed E-state index contributed by atoms with van der Waals surface area (Å²) in [4.78, 5) is 4.81. The van der Waals surface area contributed by atoms with Crippen molar-refractivity contribution in [1.29, 1.82) is 0 Å². The summed E-state index contributed by atoms with van der Waals surface area (Å²) in [6.45, 7) is 8.61. The summed E-state index contributed by atoms with van der Waals surface area (Å²) in [5, 5.41) is 10.7. The molecule has 4 aliphatic carbocycles. The van der Waals surface area contributed by atoms with E-state index >= 15 is 0 Å². The maximum Gasteiger partial charge on any atom is 0.217 e. The molecule has 1 aliphatic heterocycles. The zero-order valence-electron chi connectivity index (χ0n) is 16.8. The van der Waals surface area contributed by atoms with Crippen LogP contribution < -0.4 is 0 Å². The molecule has 0 unspecified atom stereocenters. The highest BCUT2D eigenvalue weighted by atomic mass is 16.5. The molecular weight excluding hydrogens is 334 g/mol. The second-order valence-electron chi connectivity index (χ2n) is 9.06. The van der Waals surface area contributed by atoms with Gasteiger partial charge >= 0.3 is 0 Å². The number of nitrogens with zero attached hydrogens (tertiary/aromatic N) is 1. The quantitative estimate of drug-likeness (QED) is 0.862. The van der Waals surface area contributed by atoms with E-state index in [2.05, 4.69) is 50.2 Å². The Morgan fingerprint density at radius 2 is 1.56 bits per heavy atom. The Labute approximate surface area is 162 Å². The number of ether oxygens (including phenoxy) is 1. The fraction of sp³-hybridized carbons (Fsp3) is 0.458. The van der Waals surface area contributed by atoms with Crippen LogP contribution in [0.25, 0.3) is 0 Å². The fourth-order valence-electron chi connectivity index (χ4n) is 4.04. The molecule has 7 rings (SSSR count). The molecule has 5 aliphatic rings. The zero-order chi connectivity index (χ0) is 19.2. The SMILES string of the molecule is CC1(C)COC(c2cc3ccc2CCc2ccc(cc2C(C)(C)O)CC3)=N1. The van der Waals surface area contributed by atoms with E-state index in [1.807, 2.05) is 13.8 Å². The van der Waals surface area contributed by atoms with Crippen LogP contribution in [-0.2, 0) is 36.0 Å². The molecule has 0 spiro atoms. The zero-order valence-corrected chi connectivity index (χ0v) is 16.8. The molecule has 0 saturated carbocycles. The lowest BCUT2D eigenvalue weighted by atomic mass is 9.86. The Morgan fingerprint density at radius 3 is 2.19 bits per heavy atom. The van der Waals surface area contributed by atoms with Crippen LogP contribution in [0.3, 0.4) is 0 Å². The minimum atomic E-state index is -0.830. The topological polar surface area (TPSA) is 41.8 Å². The van der Waals surface area contributed by atoms with E-state index in [9.17, 15) is 5.11 Å². The number of rotatable bonds is 2. The average Bonchev–Trinajstić information content (AvgIpc) is 2.95. The number of aliphatic imine (C=N–C) groups is 1. The molecule has 0 fully saturated rings. The standard InChI is InChI=1S/C24H29NO2/c1-23(2)15-27-22(25-23)20-13-16-5-6-17-8-10-19(12-11-18(20)9-7-16)21(14-17)24(3,4)26/h7-10,13-14,26H,5-6,11-12,15H2,1-4H3. The van der Waals surface area contributed by atoms with Gasteiger partial charge in [-0.25, -0.2) is 4.99 Å². The van der Waals surface area contributed by atoms with Gasteiger partial charge in [0.05, 0.1) is 11.1 Å². The lowest BCUT2D eigenvalue weighted by molar-refractivity contribution is 0.0775. The Balaban J connectivity index is 1.76. The van der Waals surface area contributed by atoms with Crippen LogP contribution in [-0.4, -0.2) is 23.2 Å². The van der Waals surface area contributed by atoms with Crippen molar-refractivity contribution in [1.82, 2.24) is 0 Å². The van der Waals surface area contributed by atoms with Gasteiger partial charge in [0.15, 0.2) is 0 Å². The van der Waals surface area contributed by atoms with Gasteiger partial charge in [0.1, 0.15) is 6.61 Å². The monoisotopic (exact) mass is 363 g/mol. The number of aryl methyl sites for hydroxylation is 4. The van der Waals surface area contributed by atoms with Crippen molar-refractivity contribution < 1.29 is 9.84 Å². The van der Waals surface area contributed by atoms with E-state index in [4.69, 9.17) is 9.73 Å². The van der Waals surface area contributed by atoms with E-state index in [-0.39, 0.29) is 5.54 Å². The molecule has 0 aromatic heterocycles. The van der Waals surface area contributed by atoms with E-state index in [0.29, 0.717) is 6.61 Å². The van der Waals surface area contributed by atoms with Crippen LogP contribution in [0.4, 0.5) is 0 Å². The van der Waals surface area contributed by atoms with Crippen LogP contribution in [0.2, 0.25) is 0 Å². The molecule has 0 saturated heterocycles. The molecule has 0 radical (unpaired) electrons. The summed E-state index contributed by atoms with van der Waals surface area (Å²) < 4.78 is 5.96. The van der Waals surface area contributed by atoms with Crippen molar-refractivity contribution in [2.45, 2.75) is 64.5 Å². The Morgan fingerprint density at radius 1 is 0.926 bits per heavy atom. The summed E-state index contributed by atoms with van der Waals surface area (Å²) in [6, 6.07) is 13.3. The van der Waals surface area contributed by atoms with Gasteiger partial charge in [-0.15, -0.1) is 0 Å². The molecular formula is C24H29NO2. The minimum Gasteiger partial charge on any atom is -0.475 e. The van der Waals surface area contributed by atoms with E-state index in [1.54, 1.807) is 0 Å². The van der Waals surface area contributed by atoms with E-state index < -0.39 is 5.60 Å². The molecule has 0 atom stereocenters. The minimum absolute atomic E-state index is 0.155. The fourth-order valence-corrected chi connectivity index (χ4v) is 4.04. The molecule has 1 heterocycles. The number of hydrogen-bond donors (Lipinski definition) is 1. The molecule has 0 amide bonds. The third kappa shape index (κ3) is 3.79. The highest BCUT2D eigenvalue weighted by Crippen LogP contribution is 2.29. The first kappa shape index (κ1) is 18.2. The second kappa shape index (κ2) is 6.49. The van der Waals surface area contributed by atoms with Gasteiger partial charge in [0.25, 0.3) is 0 Å². The van der Waals surface area contributed by atoms with Crippen LogP contribution in [0.1, 0.15) is 61.1 Å². The van der Waals surface area contributed by atoms with Crippen molar-refractivity contribution in [3.8, 4) is 0 Å². The Hall–Kier alpha value is -2.13. The summed E-state index contributed by atoms with van der Waals surface area (Å²) in [5.41, 5.74) is 6.26. The molecule has 4 bridgehead atoms. The van der Waals surface area contributed by atoms with Gasteiger partial charge in [-0.1, -0.05) is 30.3 Å². The van der Waals surface area contributed by atoms with Crippen LogP contribution >= 0.6 is 0 Å². The largest absolute Gasteiger partial charge is 0.475 e. The van der Waals surface area contributed by atoms with Crippen LogP contribution in [0.15, 0.2) is 41.4 Å². The summed E-state index contributed by atoms with van der Waals surface area (Å²) in [5.74, 6) is 0.783. The number of benzene rings is 2. The third-order valence-corrected chi connectivity index (χ3v) is 5.57. The smallest absolute Gasteiger partial charge is 0.217 e. The number of hydrogen-bond acceptors (Lipinski definition) is 3. The maximum absolute atomic E-state index is 10.7. The predicted molar refractivity (Wildman–Crippen MR) is 110 cm³/mol. The van der Waals surface area contributed by atoms with Gasteiger partial charge in [-0.3, -0.25) is 0 Å². The third-order valence-electron chi connectivity index (χ3n) is 5.57. The first-order valence-corrected chi connectivity index (χ1v) is 9.91. The Bertz CT molecular complexity index is 903. The molecule has 2 aromatic carbocycles. The molecule has 142 valence electrons. The maximum atomic E-state index is 10.7. The van der Waals surface area contributed by atoms with Crippen LogP contribution in [0.5, 0.6) is 0 Å². The molecule has 3 nitrogen and oxygen atoms in total. The molecule has 27 heavy (non-hydrogen) atoms. The second-order valence-corrected chi connectivity index (χ2v) is 9.06. The summed E-state index contributed by atoms with van der Waals surface area (Å²) in [7, 11) is 0. The lowest BCUT2D eigenvalue weighted by Crippen LogP contribution is -2.19. The van der Waals surface area contributed by atoms with Crippen molar-refractivity contribution in [2.24, 2.45) is 4.99 Å². The van der Waals surface area contributed by atoms with Crippen molar-refractivity contribution in [3.05, 3.63) is 69.8 Å². The van der Waals surface area contributed by atoms with Crippen molar-refractivity contribution in [2.75, 3.05) is 6.61 Å². The predicted octanol–water partition coefficient (Wildman–Crippen LogP) is 4.35. The van der Waals surface area contributed by atoms with Crippen molar-refractivity contribution in [3.63, 3.8) is 0 Å². The normalized spacial score (nSPS) is 18.6. The van der Waals surface area contributed by atoms with E-state index in [1.165, 1.54) is 22.3 Å². The molecule has 1 N–H and O–H groups in total. The lowest BCUT2D eigenvalue weighted by Gasteiger charge is -2.24. The highest BCUT2D eigenvalue weighted by Gasteiger charge is 2.28. The first-order chi connectivity index (χ1) is 12.7. The Kier molecular flexibility index (Phi) is 4.38. The van der Waals surface area contributed by atoms with Gasteiger partial charge in [0.2, 0.25) is 5.90 Å². The first-order valence-electron chi connectivity index (χ1n) is 9.91. The molecule has 3 heteroatoms. The van der Waals surface area contributed by atoms with Gasteiger partial charge in [-0.05, 0) is 87.3 Å². The van der Waals surface area contributed by atoms with Gasteiger partial charge in [-0.2, -0.15) is 0 Å².